The fourth-order valence-corrected chi connectivity index (χ4v) is 2.94. The summed E-state index contributed by atoms with van der Waals surface area (Å²) in [6.07, 6.45) is 4.49. The summed E-state index contributed by atoms with van der Waals surface area (Å²) in [5.41, 5.74) is 7.22. The van der Waals surface area contributed by atoms with E-state index in [1.165, 1.54) is 12.8 Å². The number of rotatable bonds is 3. The highest BCUT2D eigenvalue weighted by atomic mass is 16.5. The molecule has 1 amide bonds. The summed E-state index contributed by atoms with van der Waals surface area (Å²) in [6.45, 7) is 4.52. The minimum Gasteiger partial charge on any atom is -0.495 e. The molecule has 2 rings (SSSR count). The molecule has 0 aliphatic heterocycles. The van der Waals surface area contributed by atoms with Crippen LogP contribution in [0, 0.1) is 5.41 Å². The number of ether oxygens (including phenoxy) is 1. The summed E-state index contributed by atoms with van der Waals surface area (Å²) >= 11 is 0. The lowest BCUT2D eigenvalue weighted by atomic mass is 9.75. The highest BCUT2D eigenvalue weighted by Crippen LogP contribution is 2.35. The number of nitrogens with two attached hydrogens (primary N) is 1. The predicted molar refractivity (Wildman–Crippen MR) is 80.9 cm³/mol. The maximum absolute atomic E-state index is 12.3. The molecule has 20 heavy (non-hydrogen) atoms. The minimum absolute atomic E-state index is 0.0500. The molecule has 0 radical (unpaired) electrons. The molecule has 0 heterocycles. The van der Waals surface area contributed by atoms with Crippen molar-refractivity contribution in [1.82, 2.24) is 5.32 Å². The number of hydrogen-bond donors (Lipinski definition) is 2. The Morgan fingerprint density at radius 1 is 1.45 bits per heavy atom. The summed E-state index contributed by atoms with van der Waals surface area (Å²) in [4.78, 5) is 12.3. The van der Waals surface area contributed by atoms with Gasteiger partial charge in [0.1, 0.15) is 5.75 Å². The van der Waals surface area contributed by atoms with Gasteiger partial charge >= 0.3 is 0 Å². The Bertz CT molecular complexity index is 497. The molecule has 4 heteroatoms. The van der Waals surface area contributed by atoms with Crippen molar-refractivity contribution >= 4 is 11.6 Å². The van der Waals surface area contributed by atoms with Crippen molar-refractivity contribution in [2.75, 3.05) is 12.8 Å². The van der Waals surface area contributed by atoms with Crippen LogP contribution in [0.15, 0.2) is 18.2 Å². The quantitative estimate of drug-likeness (QED) is 0.834. The first-order valence-corrected chi connectivity index (χ1v) is 7.16. The van der Waals surface area contributed by atoms with E-state index in [4.69, 9.17) is 10.5 Å². The Morgan fingerprint density at radius 2 is 2.20 bits per heavy atom. The van der Waals surface area contributed by atoms with Gasteiger partial charge in [0.25, 0.3) is 5.91 Å². The maximum atomic E-state index is 12.3. The molecule has 1 unspecified atom stereocenters. The van der Waals surface area contributed by atoms with Gasteiger partial charge in [-0.25, -0.2) is 0 Å². The van der Waals surface area contributed by atoms with Crippen LogP contribution in [0.5, 0.6) is 5.75 Å². The Hall–Kier alpha value is -1.71. The van der Waals surface area contributed by atoms with Gasteiger partial charge < -0.3 is 15.8 Å². The molecular formula is C16H24N2O2. The topological polar surface area (TPSA) is 64.3 Å². The van der Waals surface area contributed by atoms with Crippen LogP contribution in [0.1, 0.15) is 49.9 Å². The number of anilines is 1. The summed E-state index contributed by atoms with van der Waals surface area (Å²) in [5, 5.41) is 3.13. The number of hydrogen-bond acceptors (Lipinski definition) is 3. The third-order valence-electron chi connectivity index (χ3n) is 4.04. The third kappa shape index (κ3) is 3.44. The van der Waals surface area contributed by atoms with Gasteiger partial charge in [0, 0.05) is 11.6 Å². The standard InChI is InChI=1S/C16H24N2O2/c1-16(2)8-4-5-12(10-16)18-15(19)11-6-7-13(17)14(9-11)20-3/h6-7,9,12H,4-5,8,10,17H2,1-3H3,(H,18,19). The van der Waals surface area contributed by atoms with E-state index in [0.717, 1.165) is 12.8 Å². The smallest absolute Gasteiger partial charge is 0.251 e. The van der Waals surface area contributed by atoms with Gasteiger partial charge in [0.2, 0.25) is 0 Å². The molecule has 1 aromatic rings. The van der Waals surface area contributed by atoms with Crippen molar-refractivity contribution in [2.45, 2.75) is 45.6 Å². The van der Waals surface area contributed by atoms with E-state index >= 15 is 0 Å². The maximum Gasteiger partial charge on any atom is 0.251 e. The van der Waals surface area contributed by atoms with E-state index in [9.17, 15) is 4.79 Å². The molecule has 0 saturated heterocycles. The Morgan fingerprint density at radius 3 is 2.85 bits per heavy atom. The lowest BCUT2D eigenvalue weighted by Gasteiger charge is -2.35. The molecule has 1 saturated carbocycles. The van der Waals surface area contributed by atoms with E-state index < -0.39 is 0 Å². The molecule has 3 N–H and O–H groups in total. The number of benzene rings is 1. The second-order valence-corrected chi connectivity index (χ2v) is 6.39. The highest BCUT2D eigenvalue weighted by Gasteiger charge is 2.28. The van der Waals surface area contributed by atoms with E-state index in [0.29, 0.717) is 22.4 Å². The summed E-state index contributed by atoms with van der Waals surface area (Å²) in [7, 11) is 1.55. The number of amides is 1. The van der Waals surface area contributed by atoms with Gasteiger partial charge in [0.15, 0.2) is 0 Å². The summed E-state index contributed by atoms with van der Waals surface area (Å²) < 4.78 is 5.15. The van der Waals surface area contributed by atoms with Crippen LogP contribution in [0.25, 0.3) is 0 Å². The largest absolute Gasteiger partial charge is 0.495 e. The predicted octanol–water partition coefficient (Wildman–Crippen LogP) is 2.98. The van der Waals surface area contributed by atoms with Gasteiger partial charge in [-0.05, 0) is 42.9 Å². The molecule has 1 fully saturated rings. The number of nitrogen functional groups attached to an aromatic ring is 1. The molecule has 4 nitrogen and oxygen atoms in total. The van der Waals surface area contributed by atoms with E-state index in [1.54, 1.807) is 25.3 Å². The molecule has 1 aromatic carbocycles. The van der Waals surface area contributed by atoms with Crippen molar-refractivity contribution in [2.24, 2.45) is 5.41 Å². The Balaban J connectivity index is 2.05. The molecule has 110 valence electrons. The molecule has 1 atom stereocenters. The average Bonchev–Trinajstić information content (AvgIpc) is 2.38. The minimum atomic E-state index is -0.0500. The molecular weight excluding hydrogens is 252 g/mol. The lowest BCUT2D eigenvalue weighted by Crippen LogP contribution is -2.40. The van der Waals surface area contributed by atoms with Gasteiger partial charge in [-0.1, -0.05) is 20.3 Å². The van der Waals surface area contributed by atoms with Crippen LogP contribution < -0.4 is 15.8 Å². The number of carbonyl (C=O) groups excluding carboxylic acids is 1. The monoisotopic (exact) mass is 276 g/mol. The van der Waals surface area contributed by atoms with Crippen LogP contribution in [-0.4, -0.2) is 19.1 Å². The van der Waals surface area contributed by atoms with E-state index in [2.05, 4.69) is 19.2 Å². The van der Waals surface area contributed by atoms with Gasteiger partial charge in [-0.15, -0.1) is 0 Å². The SMILES string of the molecule is COc1cc(C(=O)NC2CCCC(C)(C)C2)ccc1N. The first-order chi connectivity index (χ1) is 9.41. The molecule has 1 aliphatic rings. The zero-order valence-electron chi connectivity index (χ0n) is 12.5. The van der Waals surface area contributed by atoms with E-state index in [1.807, 2.05) is 0 Å². The average molecular weight is 276 g/mol. The fraction of sp³-hybridized carbons (Fsp3) is 0.562. The van der Waals surface area contributed by atoms with Gasteiger partial charge in [0.05, 0.1) is 12.8 Å². The Labute approximate surface area is 120 Å². The first kappa shape index (κ1) is 14.7. The van der Waals surface area contributed by atoms with Crippen LogP contribution in [0.2, 0.25) is 0 Å². The molecule has 0 aromatic heterocycles. The number of nitrogens with one attached hydrogen (secondary N) is 1. The first-order valence-electron chi connectivity index (χ1n) is 7.16. The fourth-order valence-electron chi connectivity index (χ4n) is 2.94. The molecule has 1 aliphatic carbocycles. The van der Waals surface area contributed by atoms with Gasteiger partial charge in [-0.3, -0.25) is 4.79 Å². The van der Waals surface area contributed by atoms with Crippen molar-refractivity contribution < 1.29 is 9.53 Å². The second kappa shape index (κ2) is 5.73. The highest BCUT2D eigenvalue weighted by molar-refractivity contribution is 5.95. The third-order valence-corrected chi connectivity index (χ3v) is 4.04. The van der Waals surface area contributed by atoms with Crippen LogP contribution >= 0.6 is 0 Å². The van der Waals surface area contributed by atoms with Crippen molar-refractivity contribution in [3.8, 4) is 5.75 Å². The second-order valence-electron chi connectivity index (χ2n) is 6.39. The normalized spacial score (nSPS) is 21.2. The van der Waals surface area contributed by atoms with Gasteiger partial charge in [-0.2, -0.15) is 0 Å². The van der Waals surface area contributed by atoms with Crippen molar-refractivity contribution in [3.63, 3.8) is 0 Å². The van der Waals surface area contributed by atoms with Crippen molar-refractivity contribution in [1.29, 1.82) is 0 Å². The molecule has 0 bridgehead atoms. The molecule has 0 spiro atoms. The summed E-state index contributed by atoms with van der Waals surface area (Å²) in [5.74, 6) is 0.493. The lowest BCUT2D eigenvalue weighted by molar-refractivity contribution is 0.0902. The number of methoxy groups -OCH3 is 1. The zero-order valence-corrected chi connectivity index (χ0v) is 12.5. The van der Waals surface area contributed by atoms with Crippen LogP contribution in [-0.2, 0) is 0 Å². The summed E-state index contributed by atoms with van der Waals surface area (Å²) in [6, 6.07) is 5.40. The van der Waals surface area contributed by atoms with Crippen LogP contribution in [0.3, 0.4) is 0 Å². The van der Waals surface area contributed by atoms with Crippen molar-refractivity contribution in [3.05, 3.63) is 23.8 Å². The van der Waals surface area contributed by atoms with Crippen LogP contribution in [0.4, 0.5) is 5.69 Å². The number of carbonyl (C=O) groups is 1. The zero-order chi connectivity index (χ0) is 14.8. The Kier molecular flexibility index (Phi) is 4.21. The van der Waals surface area contributed by atoms with E-state index in [-0.39, 0.29) is 11.9 Å².